The lowest BCUT2D eigenvalue weighted by Gasteiger charge is -2.26. The van der Waals surface area contributed by atoms with Crippen molar-refractivity contribution in [2.45, 2.75) is 31.1 Å². The highest BCUT2D eigenvalue weighted by Gasteiger charge is 2.44. The molecule has 0 N–H and O–H groups in total. The summed E-state index contributed by atoms with van der Waals surface area (Å²) in [4.78, 5) is 11.1. The van der Waals surface area contributed by atoms with Crippen LogP contribution in [0.1, 0.15) is 45.5 Å². The van der Waals surface area contributed by atoms with E-state index in [4.69, 9.17) is 0 Å². The minimum atomic E-state index is 0.185. The van der Waals surface area contributed by atoms with Crippen LogP contribution >= 0.6 is 0 Å². The second-order valence-corrected chi connectivity index (χ2v) is 5.77. The van der Waals surface area contributed by atoms with Crippen LogP contribution in [0.3, 0.4) is 0 Å². The van der Waals surface area contributed by atoms with Crippen molar-refractivity contribution < 1.29 is 4.79 Å². The summed E-state index contributed by atoms with van der Waals surface area (Å²) in [6, 6.07) is 15.0. The molecule has 0 saturated carbocycles. The van der Waals surface area contributed by atoms with Crippen molar-refractivity contribution in [3.05, 3.63) is 70.3 Å². The van der Waals surface area contributed by atoms with E-state index in [0.29, 0.717) is 0 Å². The number of benzene rings is 2. The molecule has 1 heteroatoms. The van der Waals surface area contributed by atoms with Gasteiger partial charge in [0.1, 0.15) is 6.29 Å². The Bertz CT molecular complexity index is 667. The van der Waals surface area contributed by atoms with E-state index < -0.39 is 0 Å². The van der Waals surface area contributed by atoms with Crippen LogP contribution in [-0.2, 0) is 18.3 Å². The van der Waals surface area contributed by atoms with Crippen molar-refractivity contribution in [3.63, 3.8) is 0 Å². The van der Waals surface area contributed by atoms with E-state index in [1.165, 1.54) is 41.5 Å². The molecule has 2 aromatic carbocycles. The van der Waals surface area contributed by atoms with E-state index in [1.54, 1.807) is 0 Å². The van der Waals surface area contributed by atoms with Gasteiger partial charge in [0.05, 0.1) is 0 Å². The molecule has 0 aromatic heterocycles. The van der Waals surface area contributed by atoms with Gasteiger partial charge in [-0.05, 0) is 54.0 Å². The van der Waals surface area contributed by atoms with Gasteiger partial charge in [0, 0.05) is 11.0 Å². The number of aldehydes is 1. The van der Waals surface area contributed by atoms with E-state index in [-0.39, 0.29) is 5.41 Å². The van der Waals surface area contributed by atoms with Crippen LogP contribution in [0.4, 0.5) is 0 Å². The molecule has 19 heavy (non-hydrogen) atoms. The van der Waals surface area contributed by atoms with Crippen LogP contribution in [0.5, 0.6) is 0 Å². The fraction of sp³-hybridized carbons (Fsp3) is 0.278. The number of hydrogen-bond acceptors (Lipinski definition) is 1. The zero-order valence-electron chi connectivity index (χ0n) is 10.9. The molecule has 0 amide bonds. The summed E-state index contributed by atoms with van der Waals surface area (Å²) in [5, 5.41) is 0. The maximum Gasteiger partial charge on any atom is 0.150 e. The molecule has 0 radical (unpaired) electrons. The minimum absolute atomic E-state index is 0.185. The highest BCUT2D eigenvalue weighted by molar-refractivity contribution is 5.76. The Balaban J connectivity index is 1.95. The zero-order chi connectivity index (χ0) is 12.9. The molecule has 2 aromatic rings. The van der Waals surface area contributed by atoms with E-state index in [0.717, 1.165) is 18.3 Å². The first-order chi connectivity index (χ1) is 9.33. The van der Waals surface area contributed by atoms with Gasteiger partial charge in [-0.25, -0.2) is 0 Å². The molecule has 0 fully saturated rings. The first kappa shape index (κ1) is 11.0. The van der Waals surface area contributed by atoms with Gasteiger partial charge in [-0.2, -0.15) is 0 Å². The number of carbonyl (C=O) groups excluding carboxylic acids is 1. The fourth-order valence-corrected chi connectivity index (χ4v) is 4.04. The quantitative estimate of drug-likeness (QED) is 0.704. The summed E-state index contributed by atoms with van der Waals surface area (Å²) < 4.78 is 0. The zero-order valence-corrected chi connectivity index (χ0v) is 10.9. The predicted molar refractivity (Wildman–Crippen MR) is 75.7 cm³/mol. The lowest BCUT2D eigenvalue weighted by molar-refractivity contribution is 0.112. The van der Waals surface area contributed by atoms with Crippen LogP contribution in [0, 0.1) is 0 Å². The molecule has 1 unspecified atom stereocenters. The Morgan fingerprint density at radius 2 is 1.63 bits per heavy atom. The number of aryl methyl sites for hydroxylation is 2. The van der Waals surface area contributed by atoms with Gasteiger partial charge >= 0.3 is 0 Å². The van der Waals surface area contributed by atoms with Crippen LogP contribution < -0.4 is 0 Å². The standard InChI is InChI=1S/C18H16O/c19-12-13-5-6-15-8-10-18(17(15)11-13)9-7-14-3-1-2-4-16(14)18/h1-6,11-12H,7-10H2. The van der Waals surface area contributed by atoms with Gasteiger partial charge in [-0.15, -0.1) is 0 Å². The Morgan fingerprint density at radius 1 is 0.895 bits per heavy atom. The number of hydrogen-bond donors (Lipinski definition) is 0. The van der Waals surface area contributed by atoms with Crippen LogP contribution in [0.2, 0.25) is 0 Å². The van der Waals surface area contributed by atoms with E-state index in [2.05, 4.69) is 36.4 Å². The van der Waals surface area contributed by atoms with Crippen molar-refractivity contribution in [3.8, 4) is 0 Å². The third-order valence-corrected chi connectivity index (χ3v) is 4.96. The molecule has 2 aliphatic rings. The average molecular weight is 248 g/mol. The van der Waals surface area contributed by atoms with Crippen molar-refractivity contribution in [2.75, 3.05) is 0 Å². The third-order valence-electron chi connectivity index (χ3n) is 4.96. The van der Waals surface area contributed by atoms with Crippen molar-refractivity contribution >= 4 is 6.29 Å². The van der Waals surface area contributed by atoms with Crippen LogP contribution in [-0.4, -0.2) is 6.29 Å². The van der Waals surface area contributed by atoms with E-state index in [1.807, 2.05) is 6.07 Å². The number of fused-ring (bicyclic) bond motifs is 4. The van der Waals surface area contributed by atoms with Gasteiger partial charge in [-0.3, -0.25) is 4.79 Å². The van der Waals surface area contributed by atoms with Gasteiger partial charge in [0.2, 0.25) is 0 Å². The Labute approximate surface area is 113 Å². The first-order valence-electron chi connectivity index (χ1n) is 7.00. The average Bonchev–Trinajstić information content (AvgIpc) is 3.03. The SMILES string of the molecule is O=Cc1ccc2c(c1)C1(CCc3ccccc31)CC2. The molecule has 4 rings (SSSR count). The highest BCUT2D eigenvalue weighted by Crippen LogP contribution is 2.52. The van der Waals surface area contributed by atoms with Crippen molar-refractivity contribution in [1.82, 2.24) is 0 Å². The summed E-state index contributed by atoms with van der Waals surface area (Å²) in [5.74, 6) is 0. The number of rotatable bonds is 1. The number of carbonyl (C=O) groups is 1. The first-order valence-corrected chi connectivity index (χ1v) is 7.00. The highest BCUT2D eigenvalue weighted by atomic mass is 16.1. The molecular formula is C18H16O. The summed E-state index contributed by atoms with van der Waals surface area (Å²) in [5.41, 5.74) is 6.82. The second-order valence-electron chi connectivity index (χ2n) is 5.77. The second kappa shape index (κ2) is 3.80. The molecule has 1 nitrogen and oxygen atoms in total. The molecule has 0 heterocycles. The maximum absolute atomic E-state index is 11.1. The lowest BCUT2D eigenvalue weighted by atomic mass is 9.76. The van der Waals surface area contributed by atoms with Crippen LogP contribution in [0.15, 0.2) is 42.5 Å². The van der Waals surface area contributed by atoms with Crippen LogP contribution in [0.25, 0.3) is 0 Å². The topological polar surface area (TPSA) is 17.1 Å². The normalized spacial score (nSPS) is 23.4. The maximum atomic E-state index is 11.1. The predicted octanol–water partition coefficient (Wildman–Crippen LogP) is 3.68. The third kappa shape index (κ3) is 1.39. The van der Waals surface area contributed by atoms with Gasteiger partial charge in [-0.1, -0.05) is 36.4 Å². The van der Waals surface area contributed by atoms with Gasteiger partial charge in [0.25, 0.3) is 0 Å². The summed E-state index contributed by atoms with van der Waals surface area (Å²) in [6.07, 6.45) is 5.67. The van der Waals surface area contributed by atoms with E-state index in [9.17, 15) is 4.79 Å². The molecule has 1 atom stereocenters. The molecule has 2 aliphatic carbocycles. The lowest BCUT2D eigenvalue weighted by Crippen LogP contribution is -2.21. The minimum Gasteiger partial charge on any atom is -0.298 e. The monoisotopic (exact) mass is 248 g/mol. The van der Waals surface area contributed by atoms with Crippen molar-refractivity contribution in [1.29, 1.82) is 0 Å². The van der Waals surface area contributed by atoms with Crippen molar-refractivity contribution in [2.24, 2.45) is 0 Å². The fourth-order valence-electron chi connectivity index (χ4n) is 4.04. The smallest absolute Gasteiger partial charge is 0.150 e. The molecule has 1 spiro atoms. The molecule has 0 saturated heterocycles. The largest absolute Gasteiger partial charge is 0.298 e. The van der Waals surface area contributed by atoms with E-state index >= 15 is 0 Å². The molecule has 0 aliphatic heterocycles. The Kier molecular flexibility index (Phi) is 2.20. The molecule has 94 valence electrons. The summed E-state index contributed by atoms with van der Waals surface area (Å²) in [7, 11) is 0. The Morgan fingerprint density at radius 3 is 2.42 bits per heavy atom. The van der Waals surface area contributed by atoms with Gasteiger partial charge < -0.3 is 0 Å². The van der Waals surface area contributed by atoms with Gasteiger partial charge in [0.15, 0.2) is 0 Å². The summed E-state index contributed by atoms with van der Waals surface area (Å²) >= 11 is 0. The molecular weight excluding hydrogens is 232 g/mol. The molecule has 0 bridgehead atoms. The summed E-state index contributed by atoms with van der Waals surface area (Å²) in [6.45, 7) is 0. The Hall–Kier alpha value is -1.89.